The van der Waals surface area contributed by atoms with Crippen LogP contribution >= 0.6 is 11.6 Å². The molecule has 7 heteroatoms. The molecule has 3 aromatic rings. The highest BCUT2D eigenvalue weighted by molar-refractivity contribution is 6.28. The van der Waals surface area contributed by atoms with E-state index < -0.39 is 0 Å². The Morgan fingerprint density at radius 1 is 1.35 bits per heavy atom. The largest absolute Gasteiger partial charge is 0.496 e. The van der Waals surface area contributed by atoms with Crippen molar-refractivity contribution in [2.75, 3.05) is 19.0 Å². The first kappa shape index (κ1) is 15.6. The van der Waals surface area contributed by atoms with E-state index in [0.717, 1.165) is 11.1 Å². The summed E-state index contributed by atoms with van der Waals surface area (Å²) in [5.41, 5.74) is 1.51. The van der Waals surface area contributed by atoms with Crippen molar-refractivity contribution in [3.63, 3.8) is 0 Å². The van der Waals surface area contributed by atoms with E-state index in [-0.39, 0.29) is 11.1 Å². The van der Waals surface area contributed by atoms with Crippen molar-refractivity contribution in [1.29, 1.82) is 0 Å². The van der Waals surface area contributed by atoms with Crippen LogP contribution in [-0.2, 0) is 6.54 Å². The zero-order chi connectivity index (χ0) is 16.4. The van der Waals surface area contributed by atoms with Gasteiger partial charge in [0.1, 0.15) is 17.4 Å². The van der Waals surface area contributed by atoms with Gasteiger partial charge >= 0.3 is 0 Å². The van der Waals surface area contributed by atoms with E-state index in [1.807, 2.05) is 17.6 Å². The van der Waals surface area contributed by atoms with E-state index in [4.69, 9.17) is 16.3 Å². The molecule has 0 unspecified atom stereocenters. The lowest BCUT2D eigenvalue weighted by atomic mass is 10.2. The van der Waals surface area contributed by atoms with Crippen LogP contribution in [0, 0.1) is 12.7 Å². The summed E-state index contributed by atoms with van der Waals surface area (Å²) in [5, 5.41) is 4.12. The quantitative estimate of drug-likeness (QED) is 0.724. The van der Waals surface area contributed by atoms with Crippen LogP contribution in [0.2, 0.25) is 5.28 Å². The van der Waals surface area contributed by atoms with Crippen molar-refractivity contribution in [3.05, 3.63) is 47.3 Å². The summed E-state index contributed by atoms with van der Waals surface area (Å²) < 4.78 is 21.5. The number of hydrogen-bond donors (Lipinski definition) is 1. The third-order valence-corrected chi connectivity index (χ3v) is 3.85. The third-order valence-electron chi connectivity index (χ3n) is 3.66. The van der Waals surface area contributed by atoms with Crippen LogP contribution in [0.25, 0.3) is 10.9 Å². The summed E-state index contributed by atoms with van der Waals surface area (Å²) in [6, 6.07) is 6.73. The second-order valence-electron chi connectivity index (χ2n) is 5.09. The molecule has 1 aromatic carbocycles. The van der Waals surface area contributed by atoms with Crippen molar-refractivity contribution in [3.8, 4) is 5.75 Å². The van der Waals surface area contributed by atoms with Gasteiger partial charge in [0.05, 0.1) is 12.6 Å². The molecule has 0 amide bonds. The second-order valence-corrected chi connectivity index (χ2v) is 5.43. The third kappa shape index (κ3) is 3.07. The van der Waals surface area contributed by atoms with Crippen LogP contribution in [0.3, 0.4) is 0 Å². The van der Waals surface area contributed by atoms with Gasteiger partial charge in [-0.25, -0.2) is 14.4 Å². The number of nitrogens with zero attached hydrogens (tertiary/aromatic N) is 3. The molecular formula is C16H16ClFN4O. The van der Waals surface area contributed by atoms with Gasteiger partial charge in [-0.1, -0.05) is 0 Å². The lowest BCUT2D eigenvalue weighted by Gasteiger charge is -2.11. The second kappa shape index (κ2) is 6.42. The SMILES string of the molecule is COc1ccc(F)c2c1cc(C)n2CCNc1ccnc(Cl)n1. The molecule has 0 spiro atoms. The van der Waals surface area contributed by atoms with Gasteiger partial charge in [-0.3, -0.25) is 0 Å². The summed E-state index contributed by atoms with van der Waals surface area (Å²) in [6.07, 6.45) is 1.58. The fourth-order valence-corrected chi connectivity index (χ4v) is 2.78. The van der Waals surface area contributed by atoms with Crippen molar-refractivity contribution in [2.24, 2.45) is 0 Å². The standard InChI is InChI=1S/C16H16ClFN4O/c1-10-9-11-13(23-2)4-3-12(18)15(11)22(10)8-7-19-14-5-6-20-16(17)21-14/h3-6,9H,7-8H2,1-2H3,(H,19,20,21). The van der Waals surface area contributed by atoms with Gasteiger partial charge < -0.3 is 14.6 Å². The molecule has 2 heterocycles. The van der Waals surface area contributed by atoms with Crippen LogP contribution in [-0.4, -0.2) is 28.2 Å². The molecule has 0 saturated carbocycles. The molecular weight excluding hydrogens is 319 g/mol. The van der Waals surface area contributed by atoms with E-state index in [2.05, 4.69) is 15.3 Å². The van der Waals surface area contributed by atoms with E-state index in [1.54, 1.807) is 25.4 Å². The Kier molecular flexibility index (Phi) is 4.34. The number of halogens is 2. The van der Waals surface area contributed by atoms with Crippen molar-refractivity contribution < 1.29 is 9.13 Å². The molecule has 3 rings (SSSR count). The predicted octanol–water partition coefficient (Wildman–Crippen LogP) is 3.65. The van der Waals surface area contributed by atoms with E-state index in [9.17, 15) is 4.39 Å². The normalized spacial score (nSPS) is 11.0. The number of benzene rings is 1. The molecule has 0 saturated heterocycles. The minimum absolute atomic E-state index is 0.188. The van der Waals surface area contributed by atoms with Gasteiger partial charge in [0.2, 0.25) is 5.28 Å². The van der Waals surface area contributed by atoms with Gasteiger partial charge in [0.25, 0.3) is 0 Å². The minimum atomic E-state index is -0.265. The summed E-state index contributed by atoms with van der Waals surface area (Å²) >= 11 is 5.75. The molecule has 0 aliphatic heterocycles. The number of anilines is 1. The minimum Gasteiger partial charge on any atom is -0.496 e. The van der Waals surface area contributed by atoms with Gasteiger partial charge in [-0.05, 0) is 42.8 Å². The number of nitrogens with one attached hydrogen (secondary N) is 1. The first-order chi connectivity index (χ1) is 11.1. The number of methoxy groups -OCH3 is 1. The Bertz CT molecular complexity index is 849. The molecule has 0 atom stereocenters. The fourth-order valence-electron chi connectivity index (χ4n) is 2.64. The number of ether oxygens (including phenoxy) is 1. The average Bonchev–Trinajstić information content (AvgIpc) is 2.86. The topological polar surface area (TPSA) is 52.0 Å². The maximum atomic E-state index is 14.2. The molecule has 0 fully saturated rings. The smallest absolute Gasteiger partial charge is 0.224 e. The molecule has 1 N–H and O–H groups in total. The van der Waals surface area contributed by atoms with Crippen molar-refractivity contribution in [1.82, 2.24) is 14.5 Å². The van der Waals surface area contributed by atoms with E-state index in [0.29, 0.717) is 30.2 Å². The summed E-state index contributed by atoms with van der Waals surface area (Å²) in [4.78, 5) is 7.89. The highest BCUT2D eigenvalue weighted by Gasteiger charge is 2.14. The zero-order valence-electron chi connectivity index (χ0n) is 12.8. The highest BCUT2D eigenvalue weighted by Crippen LogP contribution is 2.30. The molecule has 0 aliphatic rings. The summed E-state index contributed by atoms with van der Waals surface area (Å²) in [6.45, 7) is 3.11. The maximum Gasteiger partial charge on any atom is 0.224 e. The van der Waals surface area contributed by atoms with E-state index >= 15 is 0 Å². The summed E-state index contributed by atoms with van der Waals surface area (Å²) in [5.74, 6) is 1.04. The molecule has 0 aliphatic carbocycles. The Balaban J connectivity index is 1.84. The number of hydrogen-bond acceptors (Lipinski definition) is 4. The summed E-state index contributed by atoms with van der Waals surface area (Å²) in [7, 11) is 1.58. The van der Waals surface area contributed by atoms with Crippen molar-refractivity contribution >= 4 is 28.3 Å². The lowest BCUT2D eigenvalue weighted by molar-refractivity contribution is 0.419. The van der Waals surface area contributed by atoms with Gasteiger partial charge in [-0.2, -0.15) is 0 Å². The maximum absolute atomic E-state index is 14.2. The Hall–Kier alpha value is -2.34. The average molecular weight is 335 g/mol. The molecule has 23 heavy (non-hydrogen) atoms. The fraction of sp³-hybridized carbons (Fsp3) is 0.250. The Morgan fingerprint density at radius 3 is 2.91 bits per heavy atom. The molecule has 2 aromatic heterocycles. The number of rotatable bonds is 5. The molecule has 120 valence electrons. The van der Waals surface area contributed by atoms with Crippen LogP contribution in [0.1, 0.15) is 5.69 Å². The number of fused-ring (bicyclic) bond motifs is 1. The first-order valence-corrected chi connectivity index (χ1v) is 7.52. The zero-order valence-corrected chi connectivity index (χ0v) is 13.6. The first-order valence-electron chi connectivity index (χ1n) is 7.15. The number of aromatic nitrogens is 3. The van der Waals surface area contributed by atoms with Crippen molar-refractivity contribution in [2.45, 2.75) is 13.5 Å². The predicted molar refractivity (Wildman–Crippen MR) is 88.7 cm³/mol. The molecule has 5 nitrogen and oxygen atoms in total. The monoisotopic (exact) mass is 334 g/mol. The van der Waals surface area contributed by atoms with E-state index in [1.165, 1.54) is 6.07 Å². The van der Waals surface area contributed by atoms with Crippen LogP contribution in [0.4, 0.5) is 10.2 Å². The Morgan fingerprint density at radius 2 is 2.17 bits per heavy atom. The lowest BCUT2D eigenvalue weighted by Crippen LogP contribution is -2.12. The number of aryl methyl sites for hydroxylation is 1. The van der Waals surface area contributed by atoms with Gasteiger partial charge in [-0.15, -0.1) is 0 Å². The van der Waals surface area contributed by atoms with Crippen LogP contribution in [0.5, 0.6) is 5.75 Å². The van der Waals surface area contributed by atoms with Crippen LogP contribution in [0.15, 0.2) is 30.5 Å². The van der Waals surface area contributed by atoms with Gasteiger partial charge in [0, 0.05) is 30.4 Å². The van der Waals surface area contributed by atoms with Crippen LogP contribution < -0.4 is 10.1 Å². The molecule has 0 radical (unpaired) electrons. The molecule has 0 bridgehead atoms. The van der Waals surface area contributed by atoms with Gasteiger partial charge in [0.15, 0.2) is 0 Å². The highest BCUT2D eigenvalue weighted by atomic mass is 35.5. The Labute approximate surface area is 138 Å².